The van der Waals surface area contributed by atoms with Crippen LogP contribution in [0.5, 0.6) is 0 Å². The minimum Gasteiger partial charge on any atom is -0.491 e. The first-order chi connectivity index (χ1) is 6.87. The van der Waals surface area contributed by atoms with Crippen LogP contribution in [-0.2, 0) is 9.53 Å². The molecule has 0 radical (unpaired) electrons. The van der Waals surface area contributed by atoms with Gasteiger partial charge in [0.25, 0.3) is 0 Å². The van der Waals surface area contributed by atoms with Crippen LogP contribution in [-0.4, -0.2) is 11.4 Å². The average molecular weight is 208 g/mol. The molecule has 1 spiro atoms. The van der Waals surface area contributed by atoms with Crippen molar-refractivity contribution in [1.29, 1.82) is 0 Å². The first-order valence-electron chi connectivity index (χ1n) is 5.75. The van der Waals surface area contributed by atoms with Crippen molar-refractivity contribution >= 4 is 5.78 Å². The largest absolute Gasteiger partial charge is 0.491 e. The number of rotatable bonds is 0. The molecule has 2 atom stereocenters. The molecule has 1 fully saturated rings. The maximum Gasteiger partial charge on any atom is 0.134 e. The lowest BCUT2D eigenvalue weighted by Gasteiger charge is -2.50. The van der Waals surface area contributed by atoms with E-state index in [4.69, 9.17) is 4.74 Å². The molecule has 1 unspecified atom stereocenters. The summed E-state index contributed by atoms with van der Waals surface area (Å²) in [4.78, 5) is 11.6. The summed E-state index contributed by atoms with van der Waals surface area (Å²) in [5, 5.41) is 0. The molecule has 1 heterocycles. The number of allylic oxidation sites excluding steroid dienone is 1. The van der Waals surface area contributed by atoms with Crippen LogP contribution in [0, 0.1) is 11.3 Å². The van der Waals surface area contributed by atoms with Crippen LogP contribution >= 0.6 is 0 Å². The van der Waals surface area contributed by atoms with Gasteiger partial charge in [0.1, 0.15) is 11.4 Å². The van der Waals surface area contributed by atoms with Gasteiger partial charge in [-0.3, -0.25) is 4.79 Å². The third-order valence-corrected chi connectivity index (χ3v) is 4.15. The fourth-order valence-corrected chi connectivity index (χ4v) is 3.27. The molecule has 0 bridgehead atoms. The van der Waals surface area contributed by atoms with Gasteiger partial charge in [0.15, 0.2) is 0 Å². The molecule has 0 saturated heterocycles. The first-order valence-corrected chi connectivity index (χ1v) is 5.75. The van der Waals surface area contributed by atoms with E-state index in [0.29, 0.717) is 24.5 Å². The second-order valence-electron chi connectivity index (χ2n) is 5.71. The molecule has 2 nitrogen and oxygen atoms in total. The molecule has 1 saturated carbocycles. The zero-order valence-electron chi connectivity index (χ0n) is 10.1. The van der Waals surface area contributed by atoms with Crippen molar-refractivity contribution < 1.29 is 9.53 Å². The zero-order valence-corrected chi connectivity index (χ0v) is 10.1. The highest BCUT2D eigenvalue weighted by Gasteiger charge is 2.56. The Morgan fingerprint density at radius 1 is 1.47 bits per heavy atom. The van der Waals surface area contributed by atoms with E-state index in [1.54, 1.807) is 0 Å². The Morgan fingerprint density at radius 3 is 2.60 bits per heavy atom. The van der Waals surface area contributed by atoms with Crippen LogP contribution in [0.25, 0.3) is 0 Å². The summed E-state index contributed by atoms with van der Waals surface area (Å²) >= 11 is 0. The van der Waals surface area contributed by atoms with Gasteiger partial charge in [-0.15, -0.1) is 0 Å². The molecule has 1 aliphatic carbocycles. The van der Waals surface area contributed by atoms with E-state index in [2.05, 4.69) is 26.8 Å². The lowest BCUT2D eigenvalue weighted by molar-refractivity contribution is -0.155. The fraction of sp³-hybridized carbons (Fsp3) is 0.769. The van der Waals surface area contributed by atoms with E-state index in [1.165, 1.54) is 0 Å². The van der Waals surface area contributed by atoms with Gasteiger partial charge in [-0.2, -0.15) is 0 Å². The van der Waals surface area contributed by atoms with Gasteiger partial charge in [0.05, 0.1) is 5.76 Å². The Balaban J connectivity index is 2.33. The van der Waals surface area contributed by atoms with E-state index < -0.39 is 0 Å². The molecule has 1 aliphatic heterocycles. The topological polar surface area (TPSA) is 26.3 Å². The van der Waals surface area contributed by atoms with Gasteiger partial charge < -0.3 is 4.74 Å². The van der Waals surface area contributed by atoms with Gasteiger partial charge in [-0.05, 0) is 13.0 Å². The van der Waals surface area contributed by atoms with Gasteiger partial charge in [0.2, 0.25) is 0 Å². The first kappa shape index (κ1) is 10.7. The monoisotopic (exact) mass is 208 g/mol. The van der Waals surface area contributed by atoms with Crippen LogP contribution in [0.4, 0.5) is 0 Å². The molecule has 0 aromatic carbocycles. The summed E-state index contributed by atoms with van der Waals surface area (Å²) in [6.07, 6.45) is 4.44. The third-order valence-electron chi connectivity index (χ3n) is 4.15. The van der Waals surface area contributed by atoms with E-state index >= 15 is 0 Å². The maximum absolute atomic E-state index is 11.6. The van der Waals surface area contributed by atoms with Crippen molar-refractivity contribution in [2.45, 2.75) is 52.6 Å². The quantitative estimate of drug-likeness (QED) is 0.611. The van der Waals surface area contributed by atoms with Crippen molar-refractivity contribution in [3.63, 3.8) is 0 Å². The summed E-state index contributed by atoms with van der Waals surface area (Å²) in [5.74, 6) is 1.72. The Hall–Kier alpha value is -0.790. The number of carbonyl (C=O) groups excluding carboxylic acids is 1. The maximum atomic E-state index is 11.6. The van der Waals surface area contributed by atoms with Crippen molar-refractivity contribution in [3.05, 3.63) is 11.8 Å². The lowest BCUT2D eigenvalue weighted by atomic mass is 9.59. The number of ketones is 1. The Kier molecular flexibility index (Phi) is 2.21. The third kappa shape index (κ3) is 1.42. The van der Waals surface area contributed by atoms with Crippen LogP contribution in [0.2, 0.25) is 0 Å². The van der Waals surface area contributed by atoms with Gasteiger partial charge in [-0.25, -0.2) is 0 Å². The number of Topliss-reactive ketones (excluding diaryl/α,β-unsaturated/α-hetero) is 1. The minimum atomic E-state index is -0.134. The molecule has 2 heteroatoms. The van der Waals surface area contributed by atoms with E-state index in [9.17, 15) is 4.79 Å². The number of carbonyl (C=O) groups is 1. The highest BCUT2D eigenvalue weighted by Crippen LogP contribution is 2.53. The Bertz CT molecular complexity index is 327. The van der Waals surface area contributed by atoms with Crippen LogP contribution in [0.15, 0.2) is 11.8 Å². The highest BCUT2D eigenvalue weighted by molar-refractivity contribution is 5.80. The van der Waals surface area contributed by atoms with Crippen molar-refractivity contribution in [1.82, 2.24) is 0 Å². The number of ether oxygens (including phenoxy) is 1. The minimum absolute atomic E-state index is 0.0456. The molecule has 84 valence electrons. The average Bonchev–Trinajstić information content (AvgIpc) is 2.45. The summed E-state index contributed by atoms with van der Waals surface area (Å²) in [6, 6.07) is 0. The fourth-order valence-electron chi connectivity index (χ4n) is 3.27. The molecular weight excluding hydrogens is 188 g/mol. The normalized spacial score (nSPS) is 39.1. The number of hydrogen-bond donors (Lipinski definition) is 0. The summed E-state index contributed by atoms with van der Waals surface area (Å²) in [7, 11) is 0. The van der Waals surface area contributed by atoms with Crippen LogP contribution in [0.1, 0.15) is 47.0 Å². The van der Waals surface area contributed by atoms with E-state index in [0.717, 1.165) is 12.2 Å². The molecule has 0 aromatic rings. The molecule has 0 aromatic heterocycles. The Labute approximate surface area is 91.7 Å². The smallest absolute Gasteiger partial charge is 0.134 e. The standard InChI is InChI=1S/C13H20O2/c1-9-7-11(14)8-12(3,4)13(9)6-5-10(2)15-13/h5,9H,6-8H2,1-4H3/t9-,13?/m0/s1. The lowest BCUT2D eigenvalue weighted by Crippen LogP contribution is -2.54. The second-order valence-corrected chi connectivity index (χ2v) is 5.71. The highest BCUT2D eigenvalue weighted by atomic mass is 16.5. The molecular formula is C13H20O2. The SMILES string of the molecule is CC1=CCC2(O1)[C@@H](C)CC(=O)CC2(C)C. The molecule has 0 amide bonds. The van der Waals surface area contributed by atoms with Gasteiger partial charge in [0, 0.05) is 30.6 Å². The van der Waals surface area contributed by atoms with Crippen molar-refractivity contribution in [2.24, 2.45) is 11.3 Å². The predicted molar refractivity (Wildman–Crippen MR) is 59.4 cm³/mol. The van der Waals surface area contributed by atoms with Crippen LogP contribution < -0.4 is 0 Å². The summed E-state index contributed by atoms with van der Waals surface area (Å²) < 4.78 is 6.07. The molecule has 2 aliphatic rings. The zero-order chi connectivity index (χ0) is 11.3. The molecule has 0 N–H and O–H groups in total. The van der Waals surface area contributed by atoms with Crippen molar-refractivity contribution in [3.8, 4) is 0 Å². The summed E-state index contributed by atoms with van der Waals surface area (Å²) in [5.41, 5.74) is -0.180. The Morgan fingerprint density at radius 2 is 2.13 bits per heavy atom. The summed E-state index contributed by atoms with van der Waals surface area (Å²) in [6.45, 7) is 8.47. The second kappa shape index (κ2) is 3.10. The predicted octanol–water partition coefficient (Wildman–Crippen LogP) is 3.07. The van der Waals surface area contributed by atoms with Crippen molar-refractivity contribution in [2.75, 3.05) is 0 Å². The molecule has 15 heavy (non-hydrogen) atoms. The van der Waals surface area contributed by atoms with Gasteiger partial charge >= 0.3 is 0 Å². The van der Waals surface area contributed by atoms with E-state index in [-0.39, 0.29) is 11.0 Å². The van der Waals surface area contributed by atoms with Crippen LogP contribution in [0.3, 0.4) is 0 Å². The molecule has 2 rings (SSSR count). The van der Waals surface area contributed by atoms with Gasteiger partial charge in [-0.1, -0.05) is 20.8 Å². The van der Waals surface area contributed by atoms with E-state index in [1.807, 2.05) is 6.92 Å². The number of hydrogen-bond acceptors (Lipinski definition) is 2.